The van der Waals surface area contributed by atoms with Gasteiger partial charge in [0.25, 0.3) is 0 Å². The van der Waals surface area contributed by atoms with E-state index in [0.717, 1.165) is 0 Å². The van der Waals surface area contributed by atoms with E-state index in [0.29, 0.717) is 19.6 Å². The summed E-state index contributed by atoms with van der Waals surface area (Å²) in [5, 5.41) is 11.8. The molecule has 2 saturated heterocycles. The molecule has 3 amide bonds. The number of hydrogen-bond acceptors (Lipinski definition) is 3. The van der Waals surface area contributed by atoms with Gasteiger partial charge in [-0.1, -0.05) is 6.92 Å². The van der Waals surface area contributed by atoms with Crippen molar-refractivity contribution in [1.29, 1.82) is 0 Å². The molecule has 0 saturated carbocycles. The Morgan fingerprint density at radius 2 is 2.00 bits per heavy atom. The maximum Gasteiger partial charge on any atom is 0.320 e. The van der Waals surface area contributed by atoms with Gasteiger partial charge in [0, 0.05) is 26.2 Å². The molecule has 3 atom stereocenters. The summed E-state index contributed by atoms with van der Waals surface area (Å²) in [6.45, 7) is 5.08. The van der Waals surface area contributed by atoms with E-state index in [9.17, 15) is 14.4 Å². The number of carbonyl (C=O) groups excluding carboxylic acids is 2. The zero-order valence-electron chi connectivity index (χ0n) is 11.1. The lowest BCUT2D eigenvalue weighted by molar-refractivity contribution is -0.142. The lowest BCUT2D eigenvalue weighted by atomic mass is 9.99. The summed E-state index contributed by atoms with van der Waals surface area (Å²) in [5.41, 5.74) is 0. The molecule has 7 nitrogen and oxygen atoms in total. The predicted octanol–water partition coefficient (Wildman–Crippen LogP) is -0.421. The van der Waals surface area contributed by atoms with E-state index in [4.69, 9.17) is 5.11 Å². The summed E-state index contributed by atoms with van der Waals surface area (Å²) in [4.78, 5) is 38.0. The molecule has 0 aliphatic carbocycles. The van der Waals surface area contributed by atoms with Crippen molar-refractivity contribution in [3.8, 4) is 0 Å². The van der Waals surface area contributed by atoms with Crippen molar-refractivity contribution in [2.24, 2.45) is 11.8 Å². The van der Waals surface area contributed by atoms with Crippen LogP contribution in [0.3, 0.4) is 0 Å². The van der Waals surface area contributed by atoms with Crippen LogP contribution in [0.4, 0.5) is 4.79 Å². The Morgan fingerprint density at radius 1 is 1.32 bits per heavy atom. The summed E-state index contributed by atoms with van der Waals surface area (Å²) in [6, 6.07) is -0.738. The van der Waals surface area contributed by atoms with Gasteiger partial charge in [-0.3, -0.25) is 9.59 Å². The quantitative estimate of drug-likeness (QED) is 0.676. The van der Waals surface area contributed by atoms with Crippen molar-refractivity contribution in [3.05, 3.63) is 0 Å². The first kappa shape index (κ1) is 13.6. The van der Waals surface area contributed by atoms with Gasteiger partial charge in [0.05, 0.1) is 5.92 Å². The molecule has 106 valence electrons. The van der Waals surface area contributed by atoms with Crippen molar-refractivity contribution in [3.63, 3.8) is 0 Å². The minimum Gasteiger partial charge on any atom is -0.481 e. The number of carbonyl (C=O) groups is 3. The van der Waals surface area contributed by atoms with Crippen LogP contribution in [0.2, 0.25) is 0 Å². The molecule has 0 spiro atoms. The van der Waals surface area contributed by atoms with E-state index in [2.05, 4.69) is 5.32 Å². The van der Waals surface area contributed by atoms with Crippen molar-refractivity contribution in [1.82, 2.24) is 15.1 Å². The molecule has 19 heavy (non-hydrogen) atoms. The fourth-order valence-electron chi connectivity index (χ4n) is 2.67. The van der Waals surface area contributed by atoms with E-state index in [1.807, 2.05) is 6.92 Å². The monoisotopic (exact) mass is 269 g/mol. The second kappa shape index (κ2) is 5.07. The molecule has 2 fully saturated rings. The van der Waals surface area contributed by atoms with E-state index >= 15 is 0 Å². The van der Waals surface area contributed by atoms with Gasteiger partial charge in [0.15, 0.2) is 0 Å². The summed E-state index contributed by atoms with van der Waals surface area (Å²) in [6.07, 6.45) is 0. The number of rotatable bonds is 1. The van der Waals surface area contributed by atoms with Crippen LogP contribution in [0.25, 0.3) is 0 Å². The van der Waals surface area contributed by atoms with Crippen LogP contribution in [-0.4, -0.2) is 65.0 Å². The van der Waals surface area contributed by atoms with Gasteiger partial charge < -0.3 is 20.2 Å². The molecule has 2 rings (SSSR count). The molecule has 2 N–H and O–H groups in total. The van der Waals surface area contributed by atoms with Crippen molar-refractivity contribution in [2.75, 3.05) is 26.2 Å². The van der Waals surface area contributed by atoms with Crippen LogP contribution in [0.5, 0.6) is 0 Å². The first-order valence-electron chi connectivity index (χ1n) is 6.48. The second-order valence-electron chi connectivity index (χ2n) is 5.27. The molecular formula is C12H19N3O4. The minimum atomic E-state index is -0.868. The first-order chi connectivity index (χ1) is 8.91. The molecular weight excluding hydrogens is 250 g/mol. The molecule has 0 aromatic carbocycles. The zero-order chi connectivity index (χ0) is 14.2. The molecule has 2 aliphatic heterocycles. The van der Waals surface area contributed by atoms with Gasteiger partial charge in [0.1, 0.15) is 6.04 Å². The zero-order valence-corrected chi connectivity index (χ0v) is 11.1. The summed E-state index contributed by atoms with van der Waals surface area (Å²) in [7, 11) is 0. The van der Waals surface area contributed by atoms with E-state index in [1.165, 1.54) is 4.90 Å². The molecule has 2 heterocycles. The predicted molar refractivity (Wildman–Crippen MR) is 66.4 cm³/mol. The van der Waals surface area contributed by atoms with E-state index in [1.54, 1.807) is 11.8 Å². The highest BCUT2D eigenvalue weighted by molar-refractivity contribution is 5.88. The molecule has 0 aromatic heterocycles. The number of carboxylic acid groups (broad SMARTS) is 1. The molecule has 0 radical (unpaired) electrons. The Kier molecular flexibility index (Phi) is 3.64. The Labute approximate surface area is 111 Å². The highest BCUT2D eigenvalue weighted by atomic mass is 16.4. The first-order valence-corrected chi connectivity index (χ1v) is 6.48. The highest BCUT2D eigenvalue weighted by Crippen LogP contribution is 2.24. The van der Waals surface area contributed by atoms with Gasteiger partial charge >= 0.3 is 12.0 Å². The van der Waals surface area contributed by atoms with E-state index < -0.39 is 17.9 Å². The average molecular weight is 269 g/mol. The fourth-order valence-corrected chi connectivity index (χ4v) is 2.67. The smallest absolute Gasteiger partial charge is 0.320 e. The Hall–Kier alpha value is -1.79. The lowest BCUT2D eigenvalue weighted by Crippen LogP contribution is -2.58. The maximum absolute atomic E-state index is 12.3. The van der Waals surface area contributed by atoms with Gasteiger partial charge in [0.2, 0.25) is 5.91 Å². The standard InChI is InChI=1S/C12H19N3O4/c1-7-5-14(6-9(7)11(17)18)12(19)15-4-3-13-10(16)8(15)2/h7-9H,3-6H2,1-2H3,(H,13,16)(H,17,18)/t7-,8?,9-/m1/s1. The van der Waals surface area contributed by atoms with Gasteiger partial charge in [-0.15, -0.1) is 0 Å². The van der Waals surface area contributed by atoms with Crippen molar-refractivity contribution < 1.29 is 19.5 Å². The molecule has 7 heteroatoms. The SMILES string of the molecule is CC1C(=O)NCCN1C(=O)N1C[C@@H](C)[C@H](C(=O)O)C1. The van der Waals surface area contributed by atoms with Crippen LogP contribution in [-0.2, 0) is 9.59 Å². The largest absolute Gasteiger partial charge is 0.481 e. The summed E-state index contributed by atoms with van der Waals surface area (Å²) in [5.74, 6) is -1.61. The Morgan fingerprint density at radius 3 is 2.58 bits per heavy atom. The number of hydrogen-bond donors (Lipinski definition) is 2. The minimum absolute atomic E-state index is 0.0598. The summed E-state index contributed by atoms with van der Waals surface area (Å²) < 4.78 is 0. The number of likely N-dealkylation sites (tertiary alicyclic amines) is 1. The Bertz CT molecular complexity index is 412. The van der Waals surface area contributed by atoms with Crippen LogP contribution >= 0.6 is 0 Å². The van der Waals surface area contributed by atoms with Crippen LogP contribution in [0.15, 0.2) is 0 Å². The third-order valence-corrected chi connectivity index (χ3v) is 3.94. The number of aliphatic carboxylic acids is 1. The van der Waals surface area contributed by atoms with E-state index in [-0.39, 0.29) is 24.4 Å². The topological polar surface area (TPSA) is 90.0 Å². The number of urea groups is 1. The Balaban J connectivity index is 2.04. The normalized spacial score (nSPS) is 31.3. The number of nitrogens with one attached hydrogen (secondary N) is 1. The third-order valence-electron chi connectivity index (χ3n) is 3.94. The maximum atomic E-state index is 12.3. The lowest BCUT2D eigenvalue weighted by Gasteiger charge is -2.35. The molecule has 2 aliphatic rings. The van der Waals surface area contributed by atoms with Crippen LogP contribution in [0.1, 0.15) is 13.8 Å². The van der Waals surface area contributed by atoms with Crippen molar-refractivity contribution in [2.45, 2.75) is 19.9 Å². The highest BCUT2D eigenvalue weighted by Gasteiger charge is 2.40. The van der Waals surface area contributed by atoms with Crippen LogP contribution in [0, 0.1) is 11.8 Å². The van der Waals surface area contributed by atoms with Gasteiger partial charge in [-0.2, -0.15) is 0 Å². The number of carboxylic acids is 1. The van der Waals surface area contributed by atoms with Crippen molar-refractivity contribution >= 4 is 17.9 Å². The van der Waals surface area contributed by atoms with Gasteiger partial charge in [-0.05, 0) is 12.8 Å². The average Bonchev–Trinajstić information content (AvgIpc) is 2.74. The number of nitrogens with zero attached hydrogens (tertiary/aromatic N) is 2. The molecule has 1 unspecified atom stereocenters. The number of amides is 3. The molecule has 0 aromatic rings. The summed E-state index contributed by atoms with van der Waals surface area (Å²) >= 11 is 0. The third kappa shape index (κ3) is 2.50. The fraction of sp³-hybridized carbons (Fsp3) is 0.750. The van der Waals surface area contributed by atoms with Gasteiger partial charge in [-0.25, -0.2) is 4.79 Å². The van der Waals surface area contributed by atoms with Crippen LogP contribution < -0.4 is 5.32 Å². The number of piperazine rings is 1. The molecule has 0 bridgehead atoms. The second-order valence-corrected chi connectivity index (χ2v) is 5.27.